The summed E-state index contributed by atoms with van der Waals surface area (Å²) >= 11 is 0. The molecule has 13 aromatic carbocycles. The van der Waals surface area contributed by atoms with E-state index >= 15 is 0 Å². The monoisotopic (exact) mass is 1200 g/mol. The highest BCUT2D eigenvalue weighted by molar-refractivity contribution is 6.00. The molecule has 17 rings (SSSR count). The second-order valence-corrected chi connectivity index (χ2v) is 25.3. The van der Waals surface area contributed by atoms with Crippen molar-refractivity contribution >= 4 is 62.6 Å². The van der Waals surface area contributed by atoms with Crippen molar-refractivity contribution in [1.82, 2.24) is 0 Å². The number of hydrogen-bond donors (Lipinski definition) is 0. The zero-order chi connectivity index (χ0) is 64.0. The van der Waals surface area contributed by atoms with Crippen LogP contribution in [0.2, 0.25) is 0 Å². The van der Waals surface area contributed by atoms with E-state index in [1.807, 2.05) is 18.2 Å². The molecule has 0 saturated heterocycles. The molecule has 0 amide bonds. The average molecular weight is 1200 g/mol. The van der Waals surface area contributed by atoms with Gasteiger partial charge in [-0.2, -0.15) is 5.26 Å². The third-order valence-corrected chi connectivity index (χ3v) is 19.7. The second kappa shape index (κ2) is 22.3. The van der Waals surface area contributed by atoms with Gasteiger partial charge in [0.2, 0.25) is 0 Å². The van der Waals surface area contributed by atoms with Gasteiger partial charge in [0.25, 0.3) is 0 Å². The Morgan fingerprint density at radius 3 is 1.04 bits per heavy atom. The van der Waals surface area contributed by atoms with Crippen LogP contribution in [-0.2, 0) is 10.8 Å². The Hall–Kier alpha value is -12.3. The zero-order valence-electron chi connectivity index (χ0n) is 52.8. The molecular weight excluding hydrogens is 1140 g/mol. The lowest BCUT2D eigenvalue weighted by molar-refractivity contribution is 0.752. The third-order valence-electron chi connectivity index (χ3n) is 19.7. The van der Waals surface area contributed by atoms with Crippen molar-refractivity contribution in [2.75, 3.05) is 14.7 Å². The number of benzene rings is 13. The first kappa shape index (κ1) is 56.9. The summed E-state index contributed by atoms with van der Waals surface area (Å²) in [4.78, 5) is 14.8. The summed E-state index contributed by atoms with van der Waals surface area (Å²) in [5.74, 6) is 0. The smallest absolute Gasteiger partial charge is 0.187 e. The normalized spacial score (nSPS) is 13.1. The summed E-state index contributed by atoms with van der Waals surface area (Å²) in [6.45, 7) is 26.6. The van der Waals surface area contributed by atoms with Crippen molar-refractivity contribution in [3.63, 3.8) is 0 Å². The molecule has 0 N–H and O–H groups in total. The van der Waals surface area contributed by atoms with Crippen LogP contribution in [-0.4, -0.2) is 0 Å². The number of fused-ring (bicyclic) bond motifs is 19. The van der Waals surface area contributed by atoms with Crippen molar-refractivity contribution in [2.45, 2.75) is 45.4 Å². The van der Waals surface area contributed by atoms with Gasteiger partial charge in [-0.3, -0.25) is 0 Å². The van der Waals surface area contributed by atoms with Gasteiger partial charge in [0.15, 0.2) is 11.4 Å². The van der Waals surface area contributed by atoms with Crippen LogP contribution < -0.4 is 14.7 Å². The summed E-state index contributed by atoms with van der Waals surface area (Å²) in [6.07, 6.45) is 0. The fraction of sp³-hybridized carbons (Fsp3) is 0.0795. The molecule has 6 heteroatoms. The van der Waals surface area contributed by atoms with Crippen LogP contribution in [0.5, 0.6) is 0 Å². The lowest BCUT2D eigenvalue weighted by Gasteiger charge is -2.45. The molecule has 0 aromatic heterocycles. The summed E-state index contributed by atoms with van der Waals surface area (Å²) in [5.41, 5.74) is 32.6. The molecule has 13 aromatic rings. The third kappa shape index (κ3) is 8.74. The summed E-state index contributed by atoms with van der Waals surface area (Å²) in [6, 6.07) is 104. The fourth-order valence-electron chi connectivity index (χ4n) is 15.5. The minimum atomic E-state index is -0.826. The molecule has 0 saturated carbocycles. The molecule has 2 spiro atoms. The molecule has 0 bridgehead atoms. The number of hydrogen-bond acceptors (Lipinski definition) is 4. The summed E-state index contributed by atoms with van der Waals surface area (Å²) in [7, 11) is 0. The maximum atomic E-state index is 10.4. The number of nitrogens with zero attached hydrogens (tertiary/aromatic N) is 6. The first-order valence-corrected chi connectivity index (χ1v) is 31.9. The van der Waals surface area contributed by atoms with Gasteiger partial charge in [-0.05, 0) is 222 Å². The van der Waals surface area contributed by atoms with E-state index in [2.05, 4.69) is 332 Å². The van der Waals surface area contributed by atoms with Crippen molar-refractivity contribution in [3.05, 3.63) is 386 Å². The lowest BCUT2D eigenvalue weighted by atomic mass is 9.64. The predicted molar refractivity (Wildman–Crippen MR) is 385 cm³/mol. The summed E-state index contributed by atoms with van der Waals surface area (Å²) < 4.78 is 0. The maximum absolute atomic E-state index is 10.4. The standard InChI is InChI=1S/C55H40N4.C33H22N2/c1-35-6-16-41(17-7-35)58(42-18-8-36(2)9-19-42)45-24-28-49-50-29-25-46(59(43-20-10-37(3)11-21-43)44-22-12-38(4)13-23-44)33-54(50)55(53(49)32-45)51-30-39(34-56)14-26-47(51)48-27-15-40(57-5)31-52(48)55;1-22-16-18-25-26-19-17-23(34-2)21-30(26)33(29(25)20-22)27-12-6-8-14-31(27)35(24-10-4-3-5-11-24)32-15-9-7-13-28(32)33/h6-33H,1-4H3;3-21H,1H3. The van der Waals surface area contributed by atoms with Gasteiger partial charge in [-0.25, -0.2) is 9.69 Å². The Labute approximate surface area is 550 Å². The van der Waals surface area contributed by atoms with E-state index in [1.165, 1.54) is 72.6 Å². The molecular formula is C88H62N6. The Bertz CT molecular complexity index is 5000. The number of para-hydroxylation sites is 3. The van der Waals surface area contributed by atoms with Gasteiger partial charge < -0.3 is 14.7 Å². The number of anilines is 9. The van der Waals surface area contributed by atoms with E-state index in [4.69, 9.17) is 13.1 Å². The molecule has 6 nitrogen and oxygen atoms in total. The molecule has 0 unspecified atom stereocenters. The molecule has 4 aliphatic rings. The van der Waals surface area contributed by atoms with Crippen molar-refractivity contribution in [2.24, 2.45) is 0 Å². The lowest BCUT2D eigenvalue weighted by Crippen LogP contribution is -2.36. The number of rotatable bonds is 7. The fourth-order valence-corrected chi connectivity index (χ4v) is 15.5. The Morgan fingerprint density at radius 2 is 0.628 bits per heavy atom. The molecule has 1 heterocycles. The van der Waals surface area contributed by atoms with Crippen LogP contribution in [0.25, 0.3) is 43.1 Å². The van der Waals surface area contributed by atoms with Crippen LogP contribution >= 0.6 is 0 Å². The van der Waals surface area contributed by atoms with Crippen LogP contribution in [0.3, 0.4) is 0 Å². The molecule has 3 aliphatic carbocycles. The minimum absolute atomic E-state index is 0.490. The highest BCUT2D eigenvalue weighted by Gasteiger charge is 2.54. The van der Waals surface area contributed by atoms with E-state index < -0.39 is 10.8 Å². The molecule has 0 fully saturated rings. The maximum Gasteiger partial charge on any atom is 0.187 e. The van der Waals surface area contributed by atoms with Gasteiger partial charge in [0.05, 0.1) is 47.0 Å². The second-order valence-electron chi connectivity index (χ2n) is 25.3. The van der Waals surface area contributed by atoms with Gasteiger partial charge in [-0.1, -0.05) is 204 Å². The zero-order valence-corrected chi connectivity index (χ0v) is 52.8. The van der Waals surface area contributed by atoms with E-state index in [1.54, 1.807) is 0 Å². The first-order valence-electron chi connectivity index (χ1n) is 31.9. The van der Waals surface area contributed by atoms with Crippen LogP contribution in [0, 0.1) is 59.1 Å². The highest BCUT2D eigenvalue weighted by atomic mass is 15.2. The Morgan fingerprint density at radius 1 is 0.309 bits per heavy atom. The number of nitriles is 1. The molecule has 0 radical (unpaired) electrons. The van der Waals surface area contributed by atoms with Crippen molar-refractivity contribution in [1.29, 1.82) is 5.26 Å². The van der Waals surface area contributed by atoms with E-state index in [9.17, 15) is 5.26 Å². The first-order chi connectivity index (χ1) is 46.0. The Balaban J connectivity index is 0.000000169. The topological polar surface area (TPSA) is 42.2 Å². The van der Waals surface area contributed by atoms with E-state index in [0.717, 1.165) is 84.3 Å². The van der Waals surface area contributed by atoms with Gasteiger partial charge >= 0.3 is 0 Å². The molecule has 0 atom stereocenters. The Kier molecular flexibility index (Phi) is 13.5. The minimum Gasteiger partial charge on any atom is -0.310 e. The quantitative estimate of drug-likeness (QED) is 0.149. The van der Waals surface area contributed by atoms with Gasteiger partial charge in [0.1, 0.15) is 0 Å². The highest BCUT2D eigenvalue weighted by Crippen LogP contribution is 2.66. The van der Waals surface area contributed by atoms with E-state index in [-0.39, 0.29) is 0 Å². The predicted octanol–water partition coefficient (Wildman–Crippen LogP) is 23.3. The molecule has 1 aliphatic heterocycles. The SMILES string of the molecule is [C-]#[N+]c1ccc2c(c1)C1(c3cc(C#N)ccc3-2)c2cc(N(c3ccc(C)cc3)c3ccc(C)cc3)ccc2-c2ccc(N(c3ccc(C)cc3)c3ccc(C)cc3)cc21.[C-]#[N+]c1ccc2c(c1)C1(c3cc(C)ccc3-2)c2ccccc2N(c2ccccc2)c2ccccc21. The average Bonchev–Trinajstić information content (AvgIpc) is 1.52. The van der Waals surface area contributed by atoms with Gasteiger partial charge in [-0.15, -0.1) is 0 Å². The van der Waals surface area contributed by atoms with Crippen LogP contribution in [0.1, 0.15) is 77.9 Å². The molecule has 94 heavy (non-hydrogen) atoms. The van der Waals surface area contributed by atoms with E-state index in [0.29, 0.717) is 16.9 Å². The van der Waals surface area contributed by atoms with Crippen molar-refractivity contribution < 1.29 is 0 Å². The van der Waals surface area contributed by atoms with Crippen LogP contribution in [0.4, 0.5) is 62.6 Å². The van der Waals surface area contributed by atoms with Crippen molar-refractivity contribution in [3.8, 4) is 39.4 Å². The number of aryl methyl sites for hydroxylation is 5. The molecule has 444 valence electrons. The summed E-state index contributed by atoms with van der Waals surface area (Å²) in [5, 5.41) is 10.4. The van der Waals surface area contributed by atoms with Crippen LogP contribution in [0.15, 0.2) is 285 Å². The van der Waals surface area contributed by atoms with Gasteiger partial charge in [0, 0.05) is 39.8 Å². The largest absolute Gasteiger partial charge is 0.310 e.